The summed E-state index contributed by atoms with van der Waals surface area (Å²) in [6, 6.07) is 16.5. The number of benzene rings is 2. The number of anilines is 1. The molecule has 0 atom stereocenters. The first-order valence-electron chi connectivity index (χ1n) is 12.6. The quantitative estimate of drug-likeness (QED) is 0.428. The number of sulfonamides is 1. The second kappa shape index (κ2) is 11.5. The topological polar surface area (TPSA) is 75.6 Å². The van der Waals surface area contributed by atoms with Gasteiger partial charge in [-0.25, -0.2) is 18.4 Å². The number of piperazine rings is 1. The number of aryl methyl sites for hydroxylation is 2. The summed E-state index contributed by atoms with van der Waals surface area (Å²) < 4.78 is 32.5. The van der Waals surface area contributed by atoms with Crippen LogP contribution in [0.15, 0.2) is 48.5 Å². The van der Waals surface area contributed by atoms with Crippen LogP contribution in [-0.2, 0) is 27.8 Å². The van der Waals surface area contributed by atoms with Gasteiger partial charge in [0.25, 0.3) is 0 Å². The fourth-order valence-corrected chi connectivity index (χ4v) is 6.17. The van der Waals surface area contributed by atoms with Crippen LogP contribution in [0.3, 0.4) is 0 Å². The molecule has 2 heterocycles. The van der Waals surface area contributed by atoms with E-state index in [9.17, 15) is 8.42 Å². The summed E-state index contributed by atoms with van der Waals surface area (Å²) in [4.78, 5) is 12.2. The van der Waals surface area contributed by atoms with Crippen molar-refractivity contribution in [3.63, 3.8) is 0 Å². The van der Waals surface area contributed by atoms with Gasteiger partial charge in [-0.1, -0.05) is 61.0 Å². The van der Waals surface area contributed by atoms with E-state index in [1.807, 2.05) is 37.3 Å². The van der Waals surface area contributed by atoms with Gasteiger partial charge in [-0.3, -0.25) is 0 Å². The summed E-state index contributed by atoms with van der Waals surface area (Å²) in [7, 11) is -1.54. The highest BCUT2D eigenvalue weighted by Crippen LogP contribution is 2.30. The largest absolute Gasteiger partial charge is 0.378 e. The standard InChI is InChI=1S/C28H36N4O3S/c1-5-17-36(33,34)32-15-13-31(14-16-32)28-25(19-24-18-21(2)11-12-22(24)3)26(20-35-4)29-27(30-28)23-9-7-6-8-10-23/h6-12,18H,5,13-17,19-20H2,1-4H3. The highest BCUT2D eigenvalue weighted by molar-refractivity contribution is 7.89. The van der Waals surface area contributed by atoms with Gasteiger partial charge in [-0.15, -0.1) is 0 Å². The second-order valence-corrected chi connectivity index (χ2v) is 11.5. The lowest BCUT2D eigenvalue weighted by molar-refractivity contribution is 0.180. The van der Waals surface area contributed by atoms with Gasteiger partial charge in [-0.05, 0) is 31.4 Å². The SMILES string of the molecule is CCCS(=O)(=O)N1CCN(c2nc(-c3ccccc3)nc(COC)c2Cc2cc(C)ccc2C)CC1. The van der Waals surface area contributed by atoms with Gasteiger partial charge in [-0.2, -0.15) is 4.31 Å². The van der Waals surface area contributed by atoms with Crippen molar-refractivity contribution in [1.29, 1.82) is 0 Å². The molecule has 7 nitrogen and oxygen atoms in total. The normalized spacial score (nSPS) is 14.8. The maximum absolute atomic E-state index is 12.6. The smallest absolute Gasteiger partial charge is 0.214 e. The van der Waals surface area contributed by atoms with Crippen LogP contribution >= 0.6 is 0 Å². The Bertz CT molecular complexity index is 1290. The summed E-state index contributed by atoms with van der Waals surface area (Å²) in [5.74, 6) is 1.71. The van der Waals surface area contributed by atoms with Crippen LogP contribution in [0.1, 0.15) is 41.3 Å². The molecule has 3 aromatic rings. The zero-order valence-electron chi connectivity index (χ0n) is 21.7. The van der Waals surface area contributed by atoms with Gasteiger partial charge in [0.05, 0.1) is 18.1 Å². The molecule has 0 radical (unpaired) electrons. The molecular weight excluding hydrogens is 472 g/mol. The lowest BCUT2D eigenvalue weighted by atomic mass is 9.97. The number of ether oxygens (including phenoxy) is 1. The molecular formula is C28H36N4O3S. The first-order chi connectivity index (χ1) is 17.3. The van der Waals surface area contributed by atoms with E-state index in [4.69, 9.17) is 14.7 Å². The Morgan fingerprint density at radius 2 is 1.69 bits per heavy atom. The zero-order valence-corrected chi connectivity index (χ0v) is 22.5. The number of hydrogen-bond acceptors (Lipinski definition) is 6. The van der Waals surface area contributed by atoms with Crippen molar-refractivity contribution in [2.24, 2.45) is 0 Å². The molecule has 0 saturated carbocycles. The third kappa shape index (κ3) is 5.94. The monoisotopic (exact) mass is 508 g/mol. The third-order valence-electron chi connectivity index (χ3n) is 6.65. The average Bonchev–Trinajstić information content (AvgIpc) is 2.88. The Kier molecular flexibility index (Phi) is 8.39. The van der Waals surface area contributed by atoms with Gasteiger partial charge in [0, 0.05) is 50.8 Å². The van der Waals surface area contributed by atoms with Crippen molar-refractivity contribution in [2.45, 2.75) is 40.2 Å². The molecule has 192 valence electrons. The van der Waals surface area contributed by atoms with E-state index in [-0.39, 0.29) is 5.75 Å². The molecule has 1 aliphatic rings. The first kappa shape index (κ1) is 26.3. The highest BCUT2D eigenvalue weighted by atomic mass is 32.2. The average molecular weight is 509 g/mol. The van der Waals surface area contributed by atoms with E-state index < -0.39 is 10.0 Å². The van der Waals surface area contributed by atoms with Gasteiger partial charge >= 0.3 is 0 Å². The van der Waals surface area contributed by atoms with E-state index >= 15 is 0 Å². The molecule has 0 spiro atoms. The maximum atomic E-state index is 12.6. The van der Waals surface area contributed by atoms with Crippen LogP contribution in [0.4, 0.5) is 5.82 Å². The van der Waals surface area contributed by atoms with E-state index in [1.54, 1.807) is 11.4 Å². The molecule has 1 aliphatic heterocycles. The Balaban J connectivity index is 1.77. The lowest BCUT2D eigenvalue weighted by Crippen LogP contribution is -2.49. The van der Waals surface area contributed by atoms with Crippen molar-refractivity contribution in [2.75, 3.05) is 43.9 Å². The molecule has 0 aliphatic carbocycles. The molecule has 36 heavy (non-hydrogen) atoms. The Morgan fingerprint density at radius 1 is 0.972 bits per heavy atom. The van der Waals surface area contributed by atoms with Crippen LogP contribution < -0.4 is 4.90 Å². The van der Waals surface area contributed by atoms with E-state index in [1.165, 1.54) is 16.7 Å². The highest BCUT2D eigenvalue weighted by Gasteiger charge is 2.29. The van der Waals surface area contributed by atoms with E-state index in [0.717, 1.165) is 22.6 Å². The molecule has 0 amide bonds. The number of methoxy groups -OCH3 is 1. The minimum Gasteiger partial charge on any atom is -0.378 e. The number of nitrogens with zero attached hydrogens (tertiary/aromatic N) is 4. The van der Waals surface area contributed by atoms with Gasteiger partial charge in [0.1, 0.15) is 5.82 Å². The molecule has 1 fully saturated rings. The summed E-state index contributed by atoms with van der Waals surface area (Å²) in [5, 5.41) is 0. The fourth-order valence-electron chi connectivity index (χ4n) is 4.68. The number of rotatable bonds is 9. The second-order valence-electron chi connectivity index (χ2n) is 9.40. The van der Waals surface area contributed by atoms with Crippen LogP contribution in [0.5, 0.6) is 0 Å². The number of hydrogen-bond donors (Lipinski definition) is 0. The summed E-state index contributed by atoms with van der Waals surface area (Å²) in [5.41, 5.74) is 6.50. The first-order valence-corrected chi connectivity index (χ1v) is 14.2. The molecule has 0 N–H and O–H groups in total. The molecule has 0 unspecified atom stereocenters. The Labute approximate surface area is 215 Å². The fraction of sp³-hybridized carbons (Fsp3) is 0.429. The third-order valence-corrected chi connectivity index (χ3v) is 8.73. The molecule has 2 aromatic carbocycles. The van der Waals surface area contributed by atoms with Crippen molar-refractivity contribution in [1.82, 2.24) is 14.3 Å². The Morgan fingerprint density at radius 3 is 2.36 bits per heavy atom. The Hall–Kier alpha value is -2.81. The maximum Gasteiger partial charge on any atom is 0.214 e. The van der Waals surface area contributed by atoms with Crippen LogP contribution in [-0.4, -0.2) is 61.7 Å². The van der Waals surface area contributed by atoms with Crippen LogP contribution in [0, 0.1) is 13.8 Å². The zero-order chi connectivity index (χ0) is 25.7. The van der Waals surface area contributed by atoms with Crippen molar-refractivity contribution in [3.8, 4) is 11.4 Å². The van der Waals surface area contributed by atoms with Crippen molar-refractivity contribution in [3.05, 3.63) is 76.5 Å². The molecule has 1 aromatic heterocycles. The van der Waals surface area contributed by atoms with Gasteiger partial charge in [0.15, 0.2) is 5.82 Å². The van der Waals surface area contributed by atoms with Gasteiger partial charge < -0.3 is 9.64 Å². The summed E-state index contributed by atoms with van der Waals surface area (Å²) in [6.07, 6.45) is 1.31. The summed E-state index contributed by atoms with van der Waals surface area (Å²) >= 11 is 0. The van der Waals surface area contributed by atoms with Gasteiger partial charge in [0.2, 0.25) is 10.0 Å². The van der Waals surface area contributed by atoms with Crippen molar-refractivity contribution < 1.29 is 13.2 Å². The van der Waals surface area contributed by atoms with E-state index in [0.29, 0.717) is 51.5 Å². The van der Waals surface area contributed by atoms with E-state index in [2.05, 4.69) is 36.9 Å². The molecule has 8 heteroatoms. The molecule has 1 saturated heterocycles. The van der Waals surface area contributed by atoms with Crippen LogP contribution in [0.25, 0.3) is 11.4 Å². The summed E-state index contributed by atoms with van der Waals surface area (Å²) in [6.45, 7) is 8.58. The van der Waals surface area contributed by atoms with Crippen molar-refractivity contribution >= 4 is 15.8 Å². The molecule has 0 bridgehead atoms. The van der Waals surface area contributed by atoms with Crippen LogP contribution in [0.2, 0.25) is 0 Å². The predicted molar refractivity (Wildman–Crippen MR) is 145 cm³/mol. The molecule has 4 rings (SSSR count). The lowest BCUT2D eigenvalue weighted by Gasteiger charge is -2.36. The minimum absolute atomic E-state index is 0.189. The predicted octanol–water partition coefficient (Wildman–Crippen LogP) is 4.36. The minimum atomic E-state index is -3.22. The number of aromatic nitrogens is 2.